The summed E-state index contributed by atoms with van der Waals surface area (Å²) in [4.78, 5) is 21.2. The molecule has 2 aliphatic heterocycles. The van der Waals surface area contributed by atoms with E-state index in [0.29, 0.717) is 29.6 Å². The van der Waals surface area contributed by atoms with E-state index in [1.54, 1.807) is 12.1 Å². The largest absolute Gasteiger partial charge is 0.443 e. The van der Waals surface area contributed by atoms with Crippen LogP contribution in [0, 0.1) is 5.82 Å². The van der Waals surface area contributed by atoms with E-state index in [0.717, 1.165) is 26.1 Å². The second-order valence-electron chi connectivity index (χ2n) is 6.12. The molecule has 120 valence electrons. The van der Waals surface area contributed by atoms with Gasteiger partial charge in [-0.05, 0) is 43.7 Å². The number of fused-ring (bicyclic) bond motifs is 1. The molecule has 0 aliphatic carbocycles. The van der Waals surface area contributed by atoms with Crippen molar-refractivity contribution in [2.75, 3.05) is 26.2 Å². The first-order valence-electron chi connectivity index (χ1n) is 7.95. The second kappa shape index (κ2) is 5.77. The number of carbonyl (C=O) groups excluding carboxylic acids is 1. The molecule has 0 saturated carbocycles. The van der Waals surface area contributed by atoms with Gasteiger partial charge in [-0.25, -0.2) is 9.37 Å². The average Bonchev–Trinajstić information content (AvgIpc) is 3.23. The molecule has 1 amide bonds. The van der Waals surface area contributed by atoms with Gasteiger partial charge in [0.15, 0.2) is 17.8 Å². The highest BCUT2D eigenvalue weighted by atomic mass is 19.1. The molecule has 2 fully saturated rings. The molecule has 0 N–H and O–H groups in total. The van der Waals surface area contributed by atoms with Crippen LogP contribution < -0.4 is 0 Å². The van der Waals surface area contributed by atoms with Gasteiger partial charge in [-0.3, -0.25) is 9.69 Å². The minimum absolute atomic E-state index is 0.107. The molecule has 1 atom stereocenters. The van der Waals surface area contributed by atoms with Crippen LogP contribution in [-0.2, 0) is 0 Å². The molecule has 3 heterocycles. The van der Waals surface area contributed by atoms with E-state index >= 15 is 0 Å². The number of rotatable bonds is 2. The normalized spacial score (nSPS) is 21.4. The summed E-state index contributed by atoms with van der Waals surface area (Å²) < 4.78 is 18.5. The summed E-state index contributed by atoms with van der Waals surface area (Å²) >= 11 is 0. The van der Waals surface area contributed by atoms with Crippen molar-refractivity contribution in [3.8, 4) is 11.3 Å². The van der Waals surface area contributed by atoms with E-state index in [4.69, 9.17) is 4.42 Å². The molecule has 5 nitrogen and oxygen atoms in total. The second-order valence-corrected chi connectivity index (χ2v) is 6.12. The van der Waals surface area contributed by atoms with E-state index in [9.17, 15) is 9.18 Å². The first-order chi connectivity index (χ1) is 11.2. The summed E-state index contributed by atoms with van der Waals surface area (Å²) in [7, 11) is 0. The molecule has 1 aromatic carbocycles. The fourth-order valence-electron chi connectivity index (χ4n) is 3.53. The number of amides is 1. The van der Waals surface area contributed by atoms with Crippen LogP contribution in [0.15, 0.2) is 35.1 Å². The van der Waals surface area contributed by atoms with Gasteiger partial charge in [0.05, 0.1) is 0 Å². The van der Waals surface area contributed by atoms with Gasteiger partial charge in [0.2, 0.25) is 0 Å². The number of benzene rings is 1. The monoisotopic (exact) mass is 315 g/mol. The minimum Gasteiger partial charge on any atom is -0.443 e. The number of oxazole rings is 1. The predicted octanol–water partition coefficient (Wildman–Crippen LogP) is 2.40. The van der Waals surface area contributed by atoms with Gasteiger partial charge in [0.25, 0.3) is 5.91 Å². The minimum atomic E-state index is -0.321. The van der Waals surface area contributed by atoms with Crippen LogP contribution in [0.2, 0.25) is 0 Å². The lowest BCUT2D eigenvalue weighted by atomic mass is 10.1. The lowest BCUT2D eigenvalue weighted by molar-refractivity contribution is 0.0566. The van der Waals surface area contributed by atoms with Crippen LogP contribution in [0.3, 0.4) is 0 Å². The van der Waals surface area contributed by atoms with Gasteiger partial charge in [0.1, 0.15) is 5.82 Å². The SMILES string of the molecule is O=C(c1ncoc1-c1ccc(F)cc1)N1CCN2CCCC2C1. The number of halogens is 1. The van der Waals surface area contributed by atoms with Crippen molar-refractivity contribution < 1.29 is 13.6 Å². The van der Waals surface area contributed by atoms with Gasteiger partial charge in [-0.15, -0.1) is 0 Å². The van der Waals surface area contributed by atoms with Gasteiger partial charge in [0, 0.05) is 31.2 Å². The van der Waals surface area contributed by atoms with E-state index in [1.807, 2.05) is 4.90 Å². The molecule has 4 rings (SSSR count). The van der Waals surface area contributed by atoms with Crippen LogP contribution in [0.4, 0.5) is 4.39 Å². The van der Waals surface area contributed by atoms with Crippen molar-refractivity contribution in [1.29, 1.82) is 0 Å². The number of nitrogens with zero attached hydrogens (tertiary/aromatic N) is 3. The Morgan fingerprint density at radius 2 is 2.04 bits per heavy atom. The van der Waals surface area contributed by atoms with Crippen LogP contribution in [0.25, 0.3) is 11.3 Å². The zero-order valence-corrected chi connectivity index (χ0v) is 12.7. The summed E-state index contributed by atoms with van der Waals surface area (Å²) in [5, 5.41) is 0. The van der Waals surface area contributed by atoms with Gasteiger partial charge < -0.3 is 9.32 Å². The Morgan fingerprint density at radius 1 is 1.22 bits per heavy atom. The fourth-order valence-corrected chi connectivity index (χ4v) is 3.53. The molecular formula is C17H18FN3O2. The summed E-state index contributed by atoms with van der Waals surface area (Å²) in [5.41, 5.74) is 0.967. The Morgan fingerprint density at radius 3 is 2.87 bits per heavy atom. The van der Waals surface area contributed by atoms with E-state index < -0.39 is 0 Å². The number of hydrogen-bond donors (Lipinski definition) is 0. The Kier molecular flexibility index (Phi) is 3.61. The number of piperazine rings is 1. The van der Waals surface area contributed by atoms with Gasteiger partial charge in [-0.2, -0.15) is 0 Å². The molecule has 0 radical (unpaired) electrons. The molecule has 1 aromatic heterocycles. The van der Waals surface area contributed by atoms with Crippen LogP contribution in [0.5, 0.6) is 0 Å². The third-order valence-electron chi connectivity index (χ3n) is 4.75. The number of hydrogen-bond acceptors (Lipinski definition) is 4. The average molecular weight is 315 g/mol. The molecule has 2 aliphatic rings. The number of aromatic nitrogens is 1. The Labute approximate surface area is 133 Å². The maximum atomic E-state index is 13.1. The highest BCUT2D eigenvalue weighted by molar-refractivity contribution is 5.97. The molecule has 2 aromatic rings. The predicted molar refractivity (Wildman–Crippen MR) is 82.4 cm³/mol. The highest BCUT2D eigenvalue weighted by Gasteiger charge is 2.34. The lowest BCUT2D eigenvalue weighted by Crippen LogP contribution is -2.52. The summed E-state index contributed by atoms with van der Waals surface area (Å²) in [5.74, 6) is -0.0213. The molecule has 0 bridgehead atoms. The zero-order valence-electron chi connectivity index (χ0n) is 12.7. The molecule has 1 unspecified atom stereocenters. The summed E-state index contributed by atoms with van der Waals surface area (Å²) in [6, 6.07) is 6.37. The van der Waals surface area contributed by atoms with Crippen molar-refractivity contribution in [3.05, 3.63) is 42.2 Å². The third kappa shape index (κ3) is 2.63. The molecule has 23 heavy (non-hydrogen) atoms. The lowest BCUT2D eigenvalue weighted by Gasteiger charge is -2.37. The van der Waals surface area contributed by atoms with Crippen LogP contribution in [0.1, 0.15) is 23.3 Å². The van der Waals surface area contributed by atoms with Gasteiger partial charge >= 0.3 is 0 Å². The Balaban J connectivity index is 1.57. The maximum Gasteiger partial charge on any atom is 0.276 e. The van der Waals surface area contributed by atoms with Crippen molar-refractivity contribution in [2.45, 2.75) is 18.9 Å². The quantitative estimate of drug-likeness (QED) is 0.854. The summed E-state index contributed by atoms with van der Waals surface area (Å²) in [6.45, 7) is 3.51. The highest BCUT2D eigenvalue weighted by Crippen LogP contribution is 2.27. The first kappa shape index (κ1) is 14.4. The first-order valence-corrected chi connectivity index (χ1v) is 7.95. The summed E-state index contributed by atoms with van der Waals surface area (Å²) in [6.07, 6.45) is 3.63. The standard InChI is InChI=1S/C17H18FN3O2/c18-13-5-3-12(4-6-13)16-15(19-11-23-16)17(22)21-9-8-20-7-1-2-14(20)10-21/h3-6,11,14H,1-2,7-10H2. The smallest absolute Gasteiger partial charge is 0.276 e. The molecule has 6 heteroatoms. The van der Waals surface area contributed by atoms with Crippen molar-refractivity contribution >= 4 is 5.91 Å². The van der Waals surface area contributed by atoms with Gasteiger partial charge in [-0.1, -0.05) is 0 Å². The Bertz CT molecular complexity index is 713. The van der Waals surface area contributed by atoms with Crippen LogP contribution >= 0.6 is 0 Å². The topological polar surface area (TPSA) is 49.6 Å². The fraction of sp³-hybridized carbons (Fsp3) is 0.412. The van der Waals surface area contributed by atoms with E-state index in [1.165, 1.54) is 24.9 Å². The molecular weight excluding hydrogens is 297 g/mol. The molecule has 0 spiro atoms. The number of carbonyl (C=O) groups is 1. The zero-order chi connectivity index (χ0) is 15.8. The maximum absolute atomic E-state index is 13.1. The van der Waals surface area contributed by atoms with Crippen molar-refractivity contribution in [3.63, 3.8) is 0 Å². The van der Waals surface area contributed by atoms with Crippen LogP contribution in [-0.4, -0.2) is 52.9 Å². The van der Waals surface area contributed by atoms with E-state index in [2.05, 4.69) is 9.88 Å². The van der Waals surface area contributed by atoms with Crippen molar-refractivity contribution in [2.24, 2.45) is 0 Å². The third-order valence-corrected chi connectivity index (χ3v) is 4.75. The molecule has 2 saturated heterocycles. The van der Waals surface area contributed by atoms with E-state index in [-0.39, 0.29) is 11.7 Å². The Hall–Kier alpha value is -2.21. The van der Waals surface area contributed by atoms with Crippen molar-refractivity contribution in [1.82, 2.24) is 14.8 Å².